The predicted octanol–water partition coefficient (Wildman–Crippen LogP) is 5.58. The lowest BCUT2D eigenvalue weighted by atomic mass is 10.1. The van der Waals surface area contributed by atoms with Gasteiger partial charge in [0.25, 0.3) is 11.8 Å². The third-order valence-corrected chi connectivity index (χ3v) is 4.69. The van der Waals surface area contributed by atoms with Gasteiger partial charge in [-0.2, -0.15) is 0 Å². The van der Waals surface area contributed by atoms with E-state index in [2.05, 4.69) is 26.6 Å². The number of amides is 2. The number of furan rings is 1. The Hall–Kier alpha value is -2.64. The van der Waals surface area contributed by atoms with E-state index in [-0.39, 0.29) is 22.7 Å². The zero-order valence-electron chi connectivity index (χ0n) is 14.6. The summed E-state index contributed by atoms with van der Waals surface area (Å²) in [4.78, 5) is 24.7. The van der Waals surface area contributed by atoms with Gasteiger partial charge in [-0.1, -0.05) is 23.7 Å². The van der Waals surface area contributed by atoms with E-state index >= 15 is 0 Å². The van der Waals surface area contributed by atoms with E-state index in [0.29, 0.717) is 21.5 Å². The molecule has 0 aliphatic carbocycles. The molecule has 8 heteroatoms. The summed E-state index contributed by atoms with van der Waals surface area (Å²) >= 11 is 8.93. The number of carbonyl (C=O) groups excluding carboxylic acids is 2. The molecule has 2 N–H and O–H groups in total. The van der Waals surface area contributed by atoms with Crippen LogP contribution in [-0.4, -0.2) is 11.8 Å². The van der Waals surface area contributed by atoms with Crippen molar-refractivity contribution in [3.8, 4) is 0 Å². The number of halogens is 3. The maximum absolute atomic E-state index is 13.3. The molecule has 0 radical (unpaired) electrons. The van der Waals surface area contributed by atoms with Crippen molar-refractivity contribution in [1.82, 2.24) is 5.32 Å². The summed E-state index contributed by atoms with van der Waals surface area (Å²) in [6.07, 6.45) is 0. The standard InChI is InChI=1S/C20H15BrClFN2O3/c1-11(12-5-6-16(23)15(22)10-12)24-19(26)13-3-2-4-14(9-13)25-20(27)17-7-8-18(21)28-17/h2-11H,1H3,(H,24,26)(H,25,27). The van der Waals surface area contributed by atoms with Crippen LogP contribution in [0.1, 0.15) is 39.4 Å². The third-order valence-electron chi connectivity index (χ3n) is 3.97. The van der Waals surface area contributed by atoms with E-state index in [4.69, 9.17) is 16.0 Å². The van der Waals surface area contributed by atoms with Crippen molar-refractivity contribution in [2.75, 3.05) is 5.32 Å². The van der Waals surface area contributed by atoms with Crippen molar-refractivity contribution >= 4 is 45.0 Å². The van der Waals surface area contributed by atoms with Crippen LogP contribution in [0.25, 0.3) is 0 Å². The molecule has 1 heterocycles. The Morgan fingerprint density at radius 1 is 1.11 bits per heavy atom. The van der Waals surface area contributed by atoms with Gasteiger partial charge < -0.3 is 15.1 Å². The number of anilines is 1. The molecular weight excluding hydrogens is 451 g/mol. The quantitative estimate of drug-likeness (QED) is 0.517. The van der Waals surface area contributed by atoms with E-state index in [1.165, 1.54) is 18.2 Å². The first kappa shape index (κ1) is 20.1. The molecule has 0 saturated heterocycles. The second-order valence-corrected chi connectivity index (χ2v) is 7.20. The third kappa shape index (κ3) is 4.79. The summed E-state index contributed by atoms with van der Waals surface area (Å²) in [7, 11) is 0. The first-order valence-electron chi connectivity index (χ1n) is 8.26. The number of nitrogens with one attached hydrogen (secondary N) is 2. The number of rotatable bonds is 5. The molecule has 2 amide bonds. The largest absolute Gasteiger partial charge is 0.444 e. The smallest absolute Gasteiger partial charge is 0.291 e. The van der Waals surface area contributed by atoms with Gasteiger partial charge in [-0.15, -0.1) is 0 Å². The zero-order valence-corrected chi connectivity index (χ0v) is 17.0. The minimum atomic E-state index is -0.518. The van der Waals surface area contributed by atoms with E-state index in [0.717, 1.165) is 0 Å². The Morgan fingerprint density at radius 3 is 2.57 bits per heavy atom. The molecule has 0 spiro atoms. The highest BCUT2D eigenvalue weighted by Gasteiger charge is 2.15. The maximum atomic E-state index is 13.3. The van der Waals surface area contributed by atoms with Crippen molar-refractivity contribution in [2.45, 2.75) is 13.0 Å². The van der Waals surface area contributed by atoms with Gasteiger partial charge in [0, 0.05) is 11.3 Å². The van der Waals surface area contributed by atoms with Gasteiger partial charge >= 0.3 is 0 Å². The molecule has 5 nitrogen and oxygen atoms in total. The number of benzene rings is 2. The van der Waals surface area contributed by atoms with Gasteiger partial charge in [0.1, 0.15) is 5.82 Å². The van der Waals surface area contributed by atoms with Gasteiger partial charge in [-0.25, -0.2) is 4.39 Å². The molecule has 144 valence electrons. The second kappa shape index (κ2) is 8.58. The molecule has 2 aromatic carbocycles. The molecule has 0 aliphatic rings. The van der Waals surface area contributed by atoms with Crippen LogP contribution >= 0.6 is 27.5 Å². The van der Waals surface area contributed by atoms with E-state index in [1.807, 2.05) is 0 Å². The van der Waals surface area contributed by atoms with Crippen molar-refractivity contribution in [3.63, 3.8) is 0 Å². The van der Waals surface area contributed by atoms with Crippen LogP contribution < -0.4 is 10.6 Å². The first-order chi connectivity index (χ1) is 13.3. The van der Waals surface area contributed by atoms with Crippen molar-refractivity contribution in [3.05, 3.63) is 87.0 Å². The van der Waals surface area contributed by atoms with Crippen LogP contribution in [0.5, 0.6) is 0 Å². The van der Waals surface area contributed by atoms with Crippen LogP contribution in [0.4, 0.5) is 10.1 Å². The van der Waals surface area contributed by atoms with E-state index in [1.54, 1.807) is 43.3 Å². The number of hydrogen-bond donors (Lipinski definition) is 2. The Kier molecular flexibility index (Phi) is 6.16. The summed E-state index contributed by atoms with van der Waals surface area (Å²) in [6.45, 7) is 1.77. The van der Waals surface area contributed by atoms with Crippen LogP contribution in [0, 0.1) is 5.82 Å². The normalized spacial score (nSPS) is 11.7. The van der Waals surface area contributed by atoms with E-state index < -0.39 is 11.7 Å². The summed E-state index contributed by atoms with van der Waals surface area (Å²) in [5, 5.41) is 5.48. The summed E-state index contributed by atoms with van der Waals surface area (Å²) in [5.74, 6) is -1.15. The predicted molar refractivity (Wildman–Crippen MR) is 108 cm³/mol. The maximum Gasteiger partial charge on any atom is 0.291 e. The van der Waals surface area contributed by atoms with Crippen LogP contribution in [0.3, 0.4) is 0 Å². The molecule has 0 bridgehead atoms. The molecule has 0 saturated carbocycles. The summed E-state index contributed by atoms with van der Waals surface area (Å²) in [5.41, 5.74) is 1.48. The topological polar surface area (TPSA) is 71.3 Å². The van der Waals surface area contributed by atoms with Gasteiger partial charge in [-0.05, 0) is 70.9 Å². The van der Waals surface area contributed by atoms with Crippen LogP contribution in [-0.2, 0) is 0 Å². The fraction of sp³-hybridized carbons (Fsp3) is 0.100. The molecule has 0 aliphatic heterocycles. The fourth-order valence-electron chi connectivity index (χ4n) is 2.51. The Morgan fingerprint density at radius 2 is 1.89 bits per heavy atom. The van der Waals surface area contributed by atoms with Gasteiger partial charge in [0.2, 0.25) is 0 Å². The average molecular weight is 466 g/mol. The van der Waals surface area contributed by atoms with E-state index in [9.17, 15) is 14.0 Å². The van der Waals surface area contributed by atoms with Gasteiger partial charge in [0.05, 0.1) is 11.1 Å². The summed E-state index contributed by atoms with van der Waals surface area (Å²) < 4.78 is 18.9. The summed E-state index contributed by atoms with van der Waals surface area (Å²) in [6, 6.07) is 13.5. The van der Waals surface area contributed by atoms with Crippen LogP contribution in [0.15, 0.2) is 63.7 Å². The molecular formula is C20H15BrClFN2O3. The lowest BCUT2D eigenvalue weighted by Gasteiger charge is -2.15. The van der Waals surface area contributed by atoms with Crippen molar-refractivity contribution < 1.29 is 18.4 Å². The number of carbonyl (C=O) groups is 2. The lowest BCUT2D eigenvalue weighted by Crippen LogP contribution is -2.26. The molecule has 1 aromatic heterocycles. The van der Waals surface area contributed by atoms with Gasteiger partial charge in [-0.3, -0.25) is 9.59 Å². The van der Waals surface area contributed by atoms with Crippen LogP contribution in [0.2, 0.25) is 5.02 Å². The van der Waals surface area contributed by atoms with Crippen molar-refractivity contribution in [2.24, 2.45) is 0 Å². The highest BCUT2D eigenvalue weighted by atomic mass is 79.9. The average Bonchev–Trinajstić information content (AvgIpc) is 3.10. The van der Waals surface area contributed by atoms with Crippen molar-refractivity contribution in [1.29, 1.82) is 0 Å². The molecule has 28 heavy (non-hydrogen) atoms. The highest BCUT2D eigenvalue weighted by molar-refractivity contribution is 9.10. The number of hydrogen-bond acceptors (Lipinski definition) is 3. The molecule has 1 unspecified atom stereocenters. The fourth-order valence-corrected chi connectivity index (χ4v) is 3.01. The molecule has 3 aromatic rings. The minimum absolute atomic E-state index is 0.00660. The molecule has 0 fully saturated rings. The molecule has 3 rings (SSSR count). The molecule has 1 atom stereocenters. The minimum Gasteiger partial charge on any atom is -0.444 e. The zero-order chi connectivity index (χ0) is 20.3. The second-order valence-electron chi connectivity index (χ2n) is 6.01. The van der Waals surface area contributed by atoms with Gasteiger partial charge in [0.15, 0.2) is 10.4 Å². The Labute approximate surface area is 174 Å². The SMILES string of the molecule is CC(NC(=O)c1cccc(NC(=O)c2ccc(Br)o2)c1)c1ccc(F)c(Cl)c1. The first-order valence-corrected chi connectivity index (χ1v) is 9.43. The Balaban J connectivity index is 1.69. The lowest BCUT2D eigenvalue weighted by molar-refractivity contribution is 0.0938. The highest BCUT2D eigenvalue weighted by Crippen LogP contribution is 2.22. The Bertz CT molecular complexity index is 1040. The monoisotopic (exact) mass is 464 g/mol.